The summed E-state index contributed by atoms with van der Waals surface area (Å²) in [5, 5.41) is 0. The molecular formula is C12H22. The van der Waals surface area contributed by atoms with Crippen LogP contribution in [0.3, 0.4) is 0 Å². The average molecular weight is 166 g/mol. The summed E-state index contributed by atoms with van der Waals surface area (Å²) >= 11 is 0. The predicted molar refractivity (Wildman–Crippen MR) is 52.9 cm³/mol. The average Bonchev–Trinajstić information content (AvgIpc) is 2.45. The van der Waals surface area contributed by atoms with Crippen molar-refractivity contribution < 1.29 is 0 Å². The molecule has 5 atom stereocenters. The Balaban J connectivity index is 1.96. The zero-order chi connectivity index (χ0) is 8.72. The first kappa shape index (κ1) is 8.59. The Kier molecular flexibility index (Phi) is 2.18. The molecule has 4 unspecified atom stereocenters. The van der Waals surface area contributed by atoms with Crippen LogP contribution in [0.25, 0.3) is 0 Å². The Hall–Kier alpha value is 0. The van der Waals surface area contributed by atoms with Crippen molar-refractivity contribution >= 4 is 0 Å². The molecule has 2 aliphatic rings. The molecular weight excluding hydrogens is 144 g/mol. The van der Waals surface area contributed by atoms with E-state index in [1.54, 1.807) is 6.42 Å². The van der Waals surface area contributed by atoms with Gasteiger partial charge >= 0.3 is 0 Å². The molecule has 2 aliphatic carbocycles. The summed E-state index contributed by atoms with van der Waals surface area (Å²) in [6, 6.07) is 0. The van der Waals surface area contributed by atoms with Gasteiger partial charge in [-0.05, 0) is 42.4 Å². The summed E-state index contributed by atoms with van der Waals surface area (Å²) in [6.07, 6.45) is 5.98. The number of fused-ring (bicyclic) bond motifs is 1. The number of hydrogen-bond donors (Lipinski definition) is 0. The maximum atomic E-state index is 2.47. The molecule has 70 valence electrons. The number of rotatable bonds is 2. The zero-order valence-corrected chi connectivity index (χ0v) is 8.72. The van der Waals surface area contributed by atoms with Gasteiger partial charge in [-0.3, -0.25) is 0 Å². The van der Waals surface area contributed by atoms with Crippen LogP contribution in [0.15, 0.2) is 0 Å². The van der Waals surface area contributed by atoms with E-state index in [1.807, 2.05) is 0 Å². The van der Waals surface area contributed by atoms with Crippen molar-refractivity contribution in [1.29, 1.82) is 0 Å². The fraction of sp³-hybridized carbons (Fsp3) is 1.00. The highest BCUT2D eigenvalue weighted by molar-refractivity contribution is 5.00. The summed E-state index contributed by atoms with van der Waals surface area (Å²) in [7, 11) is 0. The van der Waals surface area contributed by atoms with Crippen LogP contribution in [0.1, 0.15) is 46.5 Å². The van der Waals surface area contributed by atoms with Gasteiger partial charge in [0.25, 0.3) is 0 Å². The molecule has 0 nitrogen and oxygen atoms in total. The van der Waals surface area contributed by atoms with Crippen molar-refractivity contribution in [1.82, 2.24) is 0 Å². The molecule has 0 saturated heterocycles. The topological polar surface area (TPSA) is 0 Å². The van der Waals surface area contributed by atoms with E-state index in [0.717, 1.165) is 29.6 Å². The molecule has 2 fully saturated rings. The Morgan fingerprint density at radius 3 is 2.50 bits per heavy atom. The van der Waals surface area contributed by atoms with Gasteiger partial charge in [0.2, 0.25) is 0 Å². The third-order valence-corrected chi connectivity index (χ3v) is 4.68. The molecule has 0 aromatic rings. The predicted octanol–water partition coefficient (Wildman–Crippen LogP) is 3.71. The minimum absolute atomic E-state index is 1.04. The number of hydrogen-bond acceptors (Lipinski definition) is 0. The van der Waals surface area contributed by atoms with Gasteiger partial charge < -0.3 is 0 Å². The second kappa shape index (κ2) is 3.05. The van der Waals surface area contributed by atoms with Gasteiger partial charge in [0, 0.05) is 0 Å². The maximum Gasteiger partial charge on any atom is -0.0326 e. The lowest BCUT2D eigenvalue weighted by molar-refractivity contribution is 0.00150. The molecule has 0 amide bonds. The van der Waals surface area contributed by atoms with Gasteiger partial charge in [0.1, 0.15) is 0 Å². The summed E-state index contributed by atoms with van der Waals surface area (Å²) in [5.41, 5.74) is 0. The second-order valence-electron chi connectivity index (χ2n) is 5.09. The second-order valence-corrected chi connectivity index (χ2v) is 5.09. The van der Waals surface area contributed by atoms with E-state index in [9.17, 15) is 0 Å². The molecule has 2 rings (SSSR count). The van der Waals surface area contributed by atoms with E-state index in [1.165, 1.54) is 19.3 Å². The first-order chi connectivity index (χ1) is 5.75. The minimum atomic E-state index is 1.04. The van der Waals surface area contributed by atoms with E-state index >= 15 is 0 Å². The Morgan fingerprint density at radius 2 is 1.83 bits per heavy atom. The molecule has 0 heteroatoms. The Morgan fingerprint density at radius 1 is 1.08 bits per heavy atom. The van der Waals surface area contributed by atoms with Gasteiger partial charge in [-0.25, -0.2) is 0 Å². The van der Waals surface area contributed by atoms with E-state index in [2.05, 4.69) is 20.8 Å². The highest BCUT2D eigenvalue weighted by atomic mass is 14.6. The van der Waals surface area contributed by atoms with Gasteiger partial charge in [0.15, 0.2) is 0 Å². The van der Waals surface area contributed by atoms with E-state index in [4.69, 9.17) is 0 Å². The first-order valence-corrected chi connectivity index (χ1v) is 5.75. The molecule has 2 saturated carbocycles. The van der Waals surface area contributed by atoms with Crippen LogP contribution in [0.5, 0.6) is 0 Å². The van der Waals surface area contributed by atoms with Crippen LogP contribution in [0.4, 0.5) is 0 Å². The van der Waals surface area contributed by atoms with Crippen LogP contribution in [-0.4, -0.2) is 0 Å². The Labute approximate surface area is 76.7 Å². The monoisotopic (exact) mass is 166 g/mol. The van der Waals surface area contributed by atoms with Crippen molar-refractivity contribution in [3.05, 3.63) is 0 Å². The van der Waals surface area contributed by atoms with Crippen molar-refractivity contribution in [2.45, 2.75) is 46.5 Å². The largest absolute Gasteiger partial charge is 0.0654 e. The smallest absolute Gasteiger partial charge is 0.0326 e. The van der Waals surface area contributed by atoms with Crippen LogP contribution in [-0.2, 0) is 0 Å². The van der Waals surface area contributed by atoms with Crippen LogP contribution < -0.4 is 0 Å². The minimum Gasteiger partial charge on any atom is -0.0654 e. The quantitative estimate of drug-likeness (QED) is 0.586. The van der Waals surface area contributed by atoms with Gasteiger partial charge in [-0.2, -0.15) is 0 Å². The molecule has 0 aromatic carbocycles. The lowest BCUT2D eigenvalue weighted by Gasteiger charge is -2.48. The van der Waals surface area contributed by atoms with Crippen LogP contribution in [0.2, 0.25) is 0 Å². The fourth-order valence-electron chi connectivity index (χ4n) is 3.88. The van der Waals surface area contributed by atoms with Crippen LogP contribution in [0, 0.1) is 29.6 Å². The molecule has 0 N–H and O–H groups in total. The molecule has 0 bridgehead atoms. The fourth-order valence-corrected chi connectivity index (χ4v) is 3.88. The van der Waals surface area contributed by atoms with Gasteiger partial charge in [-0.15, -0.1) is 0 Å². The molecule has 0 heterocycles. The standard InChI is InChI=1S/C12H22/c1-4-5-10-6-7-11-8(2)9(3)12(10)11/h8-12H,4-7H2,1-3H3/t8?,9?,10-,11?,12?/m0/s1. The maximum absolute atomic E-state index is 2.47. The van der Waals surface area contributed by atoms with Gasteiger partial charge in [-0.1, -0.05) is 33.6 Å². The van der Waals surface area contributed by atoms with Crippen molar-refractivity contribution in [2.24, 2.45) is 29.6 Å². The summed E-state index contributed by atoms with van der Waals surface area (Å²) in [6.45, 7) is 7.26. The third-order valence-electron chi connectivity index (χ3n) is 4.68. The molecule has 0 spiro atoms. The Bertz CT molecular complexity index is 161. The molecule has 12 heavy (non-hydrogen) atoms. The SMILES string of the molecule is CCC[C@H]1CCC2C(C)C(C)C21. The zero-order valence-electron chi connectivity index (χ0n) is 8.72. The van der Waals surface area contributed by atoms with Gasteiger partial charge in [0.05, 0.1) is 0 Å². The molecule has 0 aromatic heterocycles. The van der Waals surface area contributed by atoms with Crippen molar-refractivity contribution in [3.63, 3.8) is 0 Å². The normalized spacial score (nSPS) is 51.8. The van der Waals surface area contributed by atoms with Crippen LogP contribution >= 0.6 is 0 Å². The van der Waals surface area contributed by atoms with E-state index in [-0.39, 0.29) is 0 Å². The van der Waals surface area contributed by atoms with Crippen molar-refractivity contribution in [2.75, 3.05) is 0 Å². The van der Waals surface area contributed by atoms with E-state index in [0.29, 0.717) is 0 Å². The molecule has 0 radical (unpaired) electrons. The third kappa shape index (κ3) is 1.03. The van der Waals surface area contributed by atoms with Crippen molar-refractivity contribution in [3.8, 4) is 0 Å². The summed E-state index contributed by atoms with van der Waals surface area (Å²) < 4.78 is 0. The summed E-state index contributed by atoms with van der Waals surface area (Å²) in [5.74, 6) is 5.42. The lowest BCUT2D eigenvalue weighted by atomic mass is 9.57. The lowest BCUT2D eigenvalue weighted by Crippen LogP contribution is -2.42. The van der Waals surface area contributed by atoms with E-state index < -0.39 is 0 Å². The summed E-state index contributed by atoms with van der Waals surface area (Å²) in [4.78, 5) is 0. The molecule has 0 aliphatic heterocycles. The first-order valence-electron chi connectivity index (χ1n) is 5.75. The highest BCUT2D eigenvalue weighted by Gasteiger charge is 2.51. The highest BCUT2D eigenvalue weighted by Crippen LogP contribution is 2.58.